The van der Waals surface area contributed by atoms with Crippen molar-refractivity contribution in [1.29, 1.82) is 0 Å². The Morgan fingerprint density at radius 1 is 1.03 bits per heavy atom. The number of piperazine rings is 1. The van der Waals surface area contributed by atoms with E-state index in [0.29, 0.717) is 36.2 Å². The SMILES string of the molecule is Cc1ccccc1Cc1csc(N2CCN(S(=O)(=O)c3cc(Cl)cc(Cl)c3)CC2)n1. The summed E-state index contributed by atoms with van der Waals surface area (Å²) in [4.78, 5) is 7.05. The highest BCUT2D eigenvalue weighted by atomic mass is 35.5. The van der Waals surface area contributed by atoms with Gasteiger partial charge in [0.15, 0.2) is 5.13 Å². The fourth-order valence-corrected chi connectivity index (χ4v) is 6.50. The molecule has 2 aromatic carbocycles. The van der Waals surface area contributed by atoms with Gasteiger partial charge in [0.25, 0.3) is 0 Å². The second-order valence-corrected chi connectivity index (χ2v) is 10.9. The molecule has 0 amide bonds. The van der Waals surface area contributed by atoms with E-state index in [1.165, 1.54) is 33.6 Å². The number of hydrogen-bond acceptors (Lipinski definition) is 5. The number of rotatable bonds is 5. The predicted molar refractivity (Wildman–Crippen MR) is 124 cm³/mol. The molecule has 0 radical (unpaired) electrons. The Kier molecular flexibility index (Phi) is 6.36. The third-order valence-electron chi connectivity index (χ3n) is 5.16. The van der Waals surface area contributed by atoms with Crippen LogP contribution < -0.4 is 4.90 Å². The van der Waals surface area contributed by atoms with Crippen LogP contribution in [0.3, 0.4) is 0 Å². The smallest absolute Gasteiger partial charge is 0.243 e. The molecule has 1 aromatic heterocycles. The van der Waals surface area contributed by atoms with Crippen molar-refractivity contribution >= 4 is 49.7 Å². The molecule has 1 fully saturated rings. The summed E-state index contributed by atoms with van der Waals surface area (Å²) in [6.07, 6.45) is 0.799. The molecule has 2 heterocycles. The Bertz CT molecular complexity index is 1140. The molecule has 30 heavy (non-hydrogen) atoms. The van der Waals surface area contributed by atoms with Gasteiger partial charge >= 0.3 is 0 Å². The lowest BCUT2D eigenvalue weighted by atomic mass is 10.1. The van der Waals surface area contributed by atoms with Crippen LogP contribution in [0, 0.1) is 6.92 Å². The van der Waals surface area contributed by atoms with Gasteiger partial charge in [0.2, 0.25) is 10.0 Å². The van der Waals surface area contributed by atoms with Crippen molar-refractivity contribution in [1.82, 2.24) is 9.29 Å². The molecule has 1 aliphatic heterocycles. The van der Waals surface area contributed by atoms with Gasteiger partial charge in [0, 0.05) is 48.0 Å². The predicted octanol–water partition coefficient (Wildman–Crippen LogP) is 4.86. The minimum atomic E-state index is -3.63. The minimum absolute atomic E-state index is 0.128. The van der Waals surface area contributed by atoms with Gasteiger partial charge in [-0.3, -0.25) is 0 Å². The molecule has 0 aliphatic carbocycles. The highest BCUT2D eigenvalue weighted by Crippen LogP contribution is 2.28. The fourth-order valence-electron chi connectivity index (χ4n) is 3.47. The summed E-state index contributed by atoms with van der Waals surface area (Å²) >= 11 is 13.6. The second-order valence-electron chi connectivity index (χ2n) is 7.22. The first kappa shape index (κ1) is 21.6. The Labute approximate surface area is 190 Å². The lowest BCUT2D eigenvalue weighted by Gasteiger charge is -2.33. The van der Waals surface area contributed by atoms with Crippen LogP contribution in [0.2, 0.25) is 10.0 Å². The molecule has 1 saturated heterocycles. The molecule has 5 nitrogen and oxygen atoms in total. The van der Waals surface area contributed by atoms with E-state index in [9.17, 15) is 8.42 Å². The van der Waals surface area contributed by atoms with Gasteiger partial charge in [-0.1, -0.05) is 47.5 Å². The topological polar surface area (TPSA) is 53.5 Å². The van der Waals surface area contributed by atoms with E-state index >= 15 is 0 Å². The van der Waals surface area contributed by atoms with E-state index in [1.807, 2.05) is 12.1 Å². The molecule has 0 spiro atoms. The highest BCUT2D eigenvalue weighted by molar-refractivity contribution is 7.89. The Balaban J connectivity index is 1.42. The van der Waals surface area contributed by atoms with Crippen molar-refractivity contribution < 1.29 is 8.42 Å². The van der Waals surface area contributed by atoms with Gasteiger partial charge in [0.1, 0.15) is 0 Å². The fraction of sp³-hybridized carbons (Fsp3) is 0.286. The van der Waals surface area contributed by atoms with Crippen molar-refractivity contribution in [2.45, 2.75) is 18.2 Å². The van der Waals surface area contributed by atoms with Crippen LogP contribution in [0.4, 0.5) is 5.13 Å². The van der Waals surface area contributed by atoms with Crippen molar-refractivity contribution in [3.63, 3.8) is 0 Å². The summed E-state index contributed by atoms with van der Waals surface area (Å²) in [6, 6.07) is 12.7. The van der Waals surface area contributed by atoms with Crippen LogP contribution in [-0.4, -0.2) is 43.9 Å². The summed E-state index contributed by atoms with van der Waals surface area (Å²) < 4.78 is 27.4. The standard InChI is InChI=1S/C21H21Cl2N3O2S2/c1-15-4-2-3-5-16(15)10-19-14-29-21(24-19)25-6-8-26(9-7-25)30(27,28)20-12-17(22)11-18(23)13-20/h2-5,11-14H,6-10H2,1H3. The quantitative estimate of drug-likeness (QED) is 0.521. The average molecular weight is 482 g/mol. The van der Waals surface area contributed by atoms with Gasteiger partial charge in [-0.05, 0) is 36.2 Å². The van der Waals surface area contributed by atoms with E-state index in [-0.39, 0.29) is 4.90 Å². The number of sulfonamides is 1. The number of aryl methyl sites for hydroxylation is 1. The lowest BCUT2D eigenvalue weighted by Crippen LogP contribution is -2.48. The molecular formula is C21H21Cl2N3O2S2. The van der Waals surface area contributed by atoms with E-state index in [4.69, 9.17) is 28.2 Å². The third kappa shape index (κ3) is 4.65. The third-order valence-corrected chi connectivity index (χ3v) is 8.42. The summed E-state index contributed by atoms with van der Waals surface area (Å²) in [5.74, 6) is 0. The molecule has 1 aliphatic rings. The van der Waals surface area contributed by atoms with E-state index in [1.54, 1.807) is 11.3 Å². The monoisotopic (exact) mass is 481 g/mol. The first-order chi connectivity index (χ1) is 14.3. The van der Waals surface area contributed by atoms with Crippen molar-refractivity contribution in [3.8, 4) is 0 Å². The summed E-state index contributed by atoms with van der Waals surface area (Å²) in [5.41, 5.74) is 3.56. The zero-order chi connectivity index (χ0) is 21.3. The van der Waals surface area contributed by atoms with Crippen LogP contribution in [-0.2, 0) is 16.4 Å². The Morgan fingerprint density at radius 3 is 2.37 bits per heavy atom. The number of anilines is 1. The zero-order valence-electron chi connectivity index (χ0n) is 16.4. The number of halogens is 2. The van der Waals surface area contributed by atoms with E-state index in [0.717, 1.165) is 17.2 Å². The summed E-state index contributed by atoms with van der Waals surface area (Å²) in [6.45, 7) is 4.06. The van der Waals surface area contributed by atoms with Crippen molar-refractivity contribution in [3.05, 3.63) is 74.7 Å². The number of aromatic nitrogens is 1. The van der Waals surface area contributed by atoms with Gasteiger partial charge in [-0.25, -0.2) is 13.4 Å². The second kappa shape index (κ2) is 8.85. The normalized spacial score (nSPS) is 15.5. The molecular weight excluding hydrogens is 461 g/mol. The van der Waals surface area contributed by atoms with E-state index < -0.39 is 10.0 Å². The minimum Gasteiger partial charge on any atom is -0.345 e. The molecule has 0 saturated carbocycles. The van der Waals surface area contributed by atoms with Crippen LogP contribution in [0.1, 0.15) is 16.8 Å². The maximum atomic E-state index is 13.0. The Morgan fingerprint density at radius 2 is 1.70 bits per heavy atom. The molecule has 0 unspecified atom stereocenters. The number of nitrogens with zero attached hydrogens (tertiary/aromatic N) is 3. The molecule has 0 atom stereocenters. The average Bonchev–Trinajstić information content (AvgIpc) is 3.18. The highest BCUT2D eigenvalue weighted by Gasteiger charge is 2.30. The number of hydrogen-bond donors (Lipinski definition) is 0. The number of benzene rings is 2. The van der Waals surface area contributed by atoms with Crippen LogP contribution in [0.25, 0.3) is 0 Å². The summed E-state index contributed by atoms with van der Waals surface area (Å²) in [7, 11) is -3.63. The van der Waals surface area contributed by atoms with Gasteiger partial charge < -0.3 is 4.90 Å². The number of thiazole rings is 1. The Hall–Kier alpha value is -1.64. The van der Waals surface area contributed by atoms with Crippen molar-refractivity contribution in [2.24, 2.45) is 0 Å². The molecule has 3 aromatic rings. The van der Waals surface area contributed by atoms with Gasteiger partial charge in [-0.15, -0.1) is 11.3 Å². The molecule has 0 N–H and O–H groups in total. The first-order valence-electron chi connectivity index (χ1n) is 9.53. The largest absolute Gasteiger partial charge is 0.345 e. The van der Waals surface area contributed by atoms with E-state index in [2.05, 4.69) is 29.3 Å². The first-order valence-corrected chi connectivity index (χ1v) is 12.6. The maximum Gasteiger partial charge on any atom is 0.243 e. The van der Waals surface area contributed by atoms with Crippen molar-refractivity contribution in [2.75, 3.05) is 31.1 Å². The lowest BCUT2D eigenvalue weighted by molar-refractivity contribution is 0.384. The van der Waals surface area contributed by atoms with Crippen LogP contribution >= 0.6 is 34.5 Å². The molecule has 4 rings (SSSR count). The van der Waals surface area contributed by atoms with Crippen LogP contribution in [0.15, 0.2) is 52.7 Å². The molecule has 9 heteroatoms. The van der Waals surface area contributed by atoms with Gasteiger partial charge in [0.05, 0.1) is 10.6 Å². The summed E-state index contributed by atoms with van der Waals surface area (Å²) in [5, 5.41) is 3.63. The zero-order valence-corrected chi connectivity index (χ0v) is 19.5. The molecule has 0 bridgehead atoms. The van der Waals surface area contributed by atoms with Gasteiger partial charge in [-0.2, -0.15) is 4.31 Å². The van der Waals surface area contributed by atoms with Crippen LogP contribution in [0.5, 0.6) is 0 Å². The maximum absolute atomic E-state index is 13.0. The molecule has 158 valence electrons.